The maximum Gasteiger partial charge on any atom is 0.467 e. The molecule has 4 rings (SSSR count). The van der Waals surface area contributed by atoms with Crippen molar-refractivity contribution in [1.82, 2.24) is 19.6 Å². The fourth-order valence-electron chi connectivity index (χ4n) is 2.78. The average Bonchev–Trinajstić information content (AvgIpc) is 3.31. The fraction of sp³-hybridized carbons (Fsp3) is 0.286. The van der Waals surface area contributed by atoms with Crippen LogP contribution in [0.25, 0.3) is 0 Å². The van der Waals surface area contributed by atoms with E-state index in [1.807, 2.05) is 25.1 Å². The van der Waals surface area contributed by atoms with Crippen molar-refractivity contribution < 1.29 is 14.6 Å². The van der Waals surface area contributed by atoms with Crippen LogP contribution < -0.4 is 0 Å². The number of benzene rings is 1. The number of hydrogen-bond acceptors (Lipinski definition) is 7. The van der Waals surface area contributed by atoms with Gasteiger partial charge in [-0.05, 0) is 36.6 Å². The summed E-state index contributed by atoms with van der Waals surface area (Å²) in [6.45, 7) is 6.89. The molecule has 0 atom stereocenters. The van der Waals surface area contributed by atoms with Gasteiger partial charge in [-0.15, -0.1) is 5.06 Å². The SMILES string of the molecule is CN1OC1=O.Cc1nc(C(C)C)c(Sc2cccc([N+](=O)[O-])c2)n1Cc1ccncc1. The predicted octanol–water partition coefficient (Wildman–Crippen LogP) is 4.80. The number of amides is 1. The van der Waals surface area contributed by atoms with Crippen molar-refractivity contribution in [3.8, 4) is 0 Å². The van der Waals surface area contributed by atoms with E-state index in [2.05, 4.69) is 28.2 Å². The Morgan fingerprint density at radius 3 is 2.42 bits per heavy atom. The lowest BCUT2D eigenvalue weighted by Gasteiger charge is -2.12. The molecule has 162 valence electrons. The minimum Gasteiger partial charge on any atom is -0.318 e. The van der Waals surface area contributed by atoms with Crippen LogP contribution in [-0.2, 0) is 11.4 Å². The largest absolute Gasteiger partial charge is 0.467 e. The zero-order valence-electron chi connectivity index (χ0n) is 17.7. The summed E-state index contributed by atoms with van der Waals surface area (Å²) in [7, 11) is 1.56. The number of nitrogens with zero attached hydrogens (tertiary/aromatic N) is 5. The van der Waals surface area contributed by atoms with Crippen LogP contribution in [0.5, 0.6) is 0 Å². The van der Waals surface area contributed by atoms with E-state index in [-0.39, 0.29) is 22.6 Å². The zero-order chi connectivity index (χ0) is 22.5. The highest BCUT2D eigenvalue weighted by molar-refractivity contribution is 7.99. The molecule has 0 saturated carbocycles. The summed E-state index contributed by atoms with van der Waals surface area (Å²) in [5, 5.41) is 13.2. The predicted molar refractivity (Wildman–Crippen MR) is 116 cm³/mol. The van der Waals surface area contributed by atoms with Crippen molar-refractivity contribution in [2.75, 3.05) is 7.05 Å². The minimum atomic E-state index is -0.368. The summed E-state index contributed by atoms with van der Waals surface area (Å²) in [6.07, 6.45) is 3.31. The Kier molecular flexibility index (Phi) is 6.91. The van der Waals surface area contributed by atoms with E-state index in [1.54, 1.807) is 31.6 Å². The lowest BCUT2D eigenvalue weighted by molar-refractivity contribution is -0.385. The van der Waals surface area contributed by atoms with Crippen molar-refractivity contribution in [3.05, 3.63) is 76.0 Å². The quantitative estimate of drug-likeness (QED) is 0.307. The number of imidazole rings is 1. The molecule has 1 aliphatic heterocycles. The maximum absolute atomic E-state index is 11.1. The molecule has 0 radical (unpaired) electrons. The van der Waals surface area contributed by atoms with Crippen molar-refractivity contribution >= 4 is 23.5 Å². The van der Waals surface area contributed by atoms with Crippen LogP contribution >= 0.6 is 11.8 Å². The highest BCUT2D eigenvalue weighted by atomic mass is 32.2. The number of pyridine rings is 1. The van der Waals surface area contributed by atoms with Crippen LogP contribution in [-0.4, -0.2) is 37.7 Å². The van der Waals surface area contributed by atoms with E-state index in [4.69, 9.17) is 4.98 Å². The van der Waals surface area contributed by atoms with Gasteiger partial charge in [0.2, 0.25) is 0 Å². The van der Waals surface area contributed by atoms with Crippen LogP contribution in [0.1, 0.15) is 36.8 Å². The monoisotopic (exact) mass is 441 g/mol. The third-order valence-electron chi connectivity index (χ3n) is 4.46. The van der Waals surface area contributed by atoms with Crippen LogP contribution in [0.15, 0.2) is 58.7 Å². The average molecular weight is 442 g/mol. The van der Waals surface area contributed by atoms with Gasteiger partial charge in [0, 0.05) is 36.0 Å². The van der Waals surface area contributed by atoms with Crippen molar-refractivity contribution in [3.63, 3.8) is 0 Å². The number of non-ortho nitro benzene ring substituents is 1. The highest BCUT2D eigenvalue weighted by Gasteiger charge is 2.28. The molecule has 0 bridgehead atoms. The summed E-state index contributed by atoms with van der Waals surface area (Å²) in [5.74, 6) is 1.19. The Labute approximate surface area is 184 Å². The van der Waals surface area contributed by atoms with Gasteiger partial charge in [0.05, 0.1) is 17.7 Å². The number of aromatic nitrogens is 3. The van der Waals surface area contributed by atoms with Crippen molar-refractivity contribution in [2.24, 2.45) is 0 Å². The van der Waals surface area contributed by atoms with Gasteiger partial charge in [-0.1, -0.05) is 31.7 Å². The Morgan fingerprint density at radius 1 is 1.23 bits per heavy atom. The molecule has 3 heterocycles. The lowest BCUT2D eigenvalue weighted by atomic mass is 10.1. The molecule has 2 aromatic heterocycles. The summed E-state index contributed by atoms with van der Waals surface area (Å²) in [6, 6.07) is 10.7. The molecule has 0 aliphatic carbocycles. The summed E-state index contributed by atoms with van der Waals surface area (Å²) in [5.41, 5.74) is 2.24. The van der Waals surface area contributed by atoms with Gasteiger partial charge < -0.3 is 9.40 Å². The molecular formula is C21H23N5O4S. The fourth-order valence-corrected chi connectivity index (χ4v) is 4.02. The summed E-state index contributed by atoms with van der Waals surface area (Å²) in [4.78, 5) is 34.0. The number of hydroxylamine groups is 2. The maximum atomic E-state index is 11.1. The third kappa shape index (κ3) is 5.82. The number of nitro groups is 1. The topological polar surface area (TPSA) is 106 Å². The van der Waals surface area contributed by atoms with Crippen molar-refractivity contribution in [1.29, 1.82) is 0 Å². The molecule has 0 N–H and O–H groups in total. The summed E-state index contributed by atoms with van der Waals surface area (Å²) >= 11 is 1.52. The third-order valence-corrected chi connectivity index (χ3v) is 5.57. The second-order valence-corrected chi connectivity index (χ2v) is 8.22. The molecule has 1 aromatic carbocycles. The van der Waals surface area contributed by atoms with Gasteiger partial charge in [0.25, 0.3) is 5.69 Å². The molecule has 10 heteroatoms. The van der Waals surface area contributed by atoms with E-state index in [1.165, 1.54) is 17.8 Å². The first-order valence-corrected chi connectivity index (χ1v) is 10.4. The van der Waals surface area contributed by atoms with Gasteiger partial charge in [0.15, 0.2) is 0 Å². The molecule has 31 heavy (non-hydrogen) atoms. The molecule has 3 aromatic rings. The number of hydrogen-bond donors (Lipinski definition) is 0. The van der Waals surface area contributed by atoms with Gasteiger partial charge >= 0.3 is 6.09 Å². The van der Waals surface area contributed by atoms with E-state index in [0.717, 1.165) is 32.1 Å². The molecule has 9 nitrogen and oxygen atoms in total. The number of aryl methyl sites for hydroxylation is 1. The molecule has 1 fully saturated rings. The molecule has 1 saturated heterocycles. The van der Waals surface area contributed by atoms with Crippen LogP contribution in [0.4, 0.5) is 10.5 Å². The standard InChI is InChI=1S/C19H20N4O2S.C2H3NO2/c1-13(2)18-19(26-17-6-4-5-16(11-17)23(24)25)22(14(3)21-18)12-15-7-9-20-10-8-15;1-3-2(4)5-3/h4-11,13H,12H2,1-3H3;1H3. The lowest BCUT2D eigenvalue weighted by Crippen LogP contribution is -2.04. The zero-order valence-corrected chi connectivity index (χ0v) is 18.5. The Morgan fingerprint density at radius 2 is 1.87 bits per heavy atom. The van der Waals surface area contributed by atoms with Crippen LogP contribution in [0.3, 0.4) is 0 Å². The number of rotatable bonds is 6. The molecular weight excluding hydrogens is 418 g/mol. The van der Waals surface area contributed by atoms with Gasteiger partial charge in [-0.25, -0.2) is 9.78 Å². The number of carbonyl (C=O) groups is 1. The second-order valence-electron chi connectivity index (χ2n) is 7.16. The van der Waals surface area contributed by atoms with E-state index >= 15 is 0 Å². The Balaban J connectivity index is 0.000000478. The first-order valence-electron chi connectivity index (χ1n) is 9.60. The molecule has 1 aliphatic rings. The summed E-state index contributed by atoms with van der Waals surface area (Å²) < 4.78 is 2.16. The minimum absolute atomic E-state index is 0.0954. The van der Waals surface area contributed by atoms with E-state index in [0.29, 0.717) is 6.54 Å². The molecule has 0 spiro atoms. The first kappa shape index (κ1) is 22.3. The number of carbonyl (C=O) groups excluding carboxylic acids is 1. The van der Waals surface area contributed by atoms with Crippen molar-refractivity contribution in [2.45, 2.75) is 43.2 Å². The highest BCUT2D eigenvalue weighted by Crippen LogP contribution is 2.36. The molecule has 0 unspecified atom stereocenters. The van der Waals surface area contributed by atoms with E-state index in [9.17, 15) is 14.9 Å². The number of nitro benzene ring substituents is 1. The Hall–Kier alpha value is -3.40. The van der Waals surface area contributed by atoms with Crippen LogP contribution in [0, 0.1) is 17.0 Å². The smallest absolute Gasteiger partial charge is 0.318 e. The molecule has 1 amide bonds. The van der Waals surface area contributed by atoms with Gasteiger partial charge in [-0.2, -0.15) is 0 Å². The van der Waals surface area contributed by atoms with Gasteiger partial charge in [0.1, 0.15) is 10.9 Å². The van der Waals surface area contributed by atoms with E-state index < -0.39 is 0 Å². The normalized spacial score (nSPS) is 12.3. The first-order chi connectivity index (χ1) is 14.8. The Bertz CT molecular complexity index is 1080. The van der Waals surface area contributed by atoms with Gasteiger partial charge in [-0.3, -0.25) is 15.1 Å². The second kappa shape index (κ2) is 9.61. The van der Waals surface area contributed by atoms with Crippen LogP contribution in [0.2, 0.25) is 0 Å².